The predicted molar refractivity (Wildman–Crippen MR) is 112 cm³/mol. The van der Waals surface area contributed by atoms with Crippen LogP contribution in [0.2, 0.25) is 0 Å². The van der Waals surface area contributed by atoms with Crippen LogP contribution < -0.4 is 0 Å². The molecule has 0 unspecified atom stereocenters. The van der Waals surface area contributed by atoms with Gasteiger partial charge in [-0.15, -0.1) is 0 Å². The van der Waals surface area contributed by atoms with Gasteiger partial charge < -0.3 is 131 Å². The summed E-state index contributed by atoms with van der Waals surface area (Å²) in [6.45, 7) is 0. The zero-order valence-corrected chi connectivity index (χ0v) is 21.5. The molecular formula is H38Al2O31S3. The Balaban J connectivity index is -0.00000000211. The van der Waals surface area contributed by atoms with Crippen LogP contribution in [0.15, 0.2) is 0 Å². The number of rotatable bonds is 0. The van der Waals surface area contributed by atoms with Crippen molar-refractivity contribution in [3.8, 4) is 0 Å². The third kappa shape index (κ3) is 5080000. The van der Waals surface area contributed by atoms with E-state index in [4.69, 9.17) is 52.6 Å². The third-order valence-corrected chi connectivity index (χ3v) is 0. The molecule has 38 N–H and O–H groups in total. The summed E-state index contributed by atoms with van der Waals surface area (Å²) < 4.78 is 102. The van der Waals surface area contributed by atoms with Crippen molar-refractivity contribution in [2.75, 3.05) is 0 Å². The Morgan fingerprint density at radius 2 is 0.222 bits per heavy atom. The summed E-state index contributed by atoms with van der Waals surface area (Å²) in [5.41, 5.74) is 0. The molecule has 0 radical (unpaired) electrons. The zero-order valence-electron chi connectivity index (χ0n) is 16.8. The minimum absolute atomic E-state index is 0. The van der Waals surface area contributed by atoms with Gasteiger partial charge in [-0.1, -0.05) is 0 Å². The Bertz CT molecular complexity index is 347. The van der Waals surface area contributed by atoms with Gasteiger partial charge in [0.05, 0.1) is 0 Å². The van der Waals surface area contributed by atoms with E-state index in [9.17, 15) is 0 Å². The first kappa shape index (κ1) is 308. The van der Waals surface area contributed by atoms with Crippen molar-refractivity contribution in [3.05, 3.63) is 0 Å². The van der Waals surface area contributed by atoms with E-state index in [2.05, 4.69) is 0 Å². The summed E-state index contributed by atoms with van der Waals surface area (Å²) in [4.78, 5) is 0. The quantitative estimate of drug-likeness (QED) is 0.130. The average molecular weight is 684 g/mol. The van der Waals surface area contributed by atoms with Gasteiger partial charge in [-0.05, 0) is 0 Å². The van der Waals surface area contributed by atoms with Crippen LogP contribution in [0.25, 0.3) is 0 Å². The van der Waals surface area contributed by atoms with Crippen LogP contribution in [0.4, 0.5) is 0 Å². The first-order chi connectivity index (χ1) is 6.00. The standard InChI is InChI=1S/2Al.3H2O4S.19H2O/c;;3*1-5(2,3)4;;;;;;;;;;;;;;;;;;;/h;;3*(H2,1,2,3,4);19*1H2/q2*+3;;;;;;;;;;;;;;;;;;;;;;/p-6. The minimum Gasteiger partial charge on any atom is -0.759 e. The summed E-state index contributed by atoms with van der Waals surface area (Å²) in [7, 11) is -15.5. The molecule has 36 heavy (non-hydrogen) atoms. The van der Waals surface area contributed by atoms with E-state index in [1.807, 2.05) is 0 Å². The summed E-state index contributed by atoms with van der Waals surface area (Å²) in [6.07, 6.45) is 0. The predicted octanol–water partition coefficient (Wildman–Crippen LogP) is -20.4. The average Bonchev–Trinajstić information content (AvgIpc) is 1.41. The molecule has 0 aliphatic carbocycles. The van der Waals surface area contributed by atoms with Crippen LogP contribution in [0, 0.1) is 0 Å². The van der Waals surface area contributed by atoms with Crippen molar-refractivity contribution in [1.82, 2.24) is 0 Å². The second-order valence-electron chi connectivity index (χ2n) is 1.22. The van der Waals surface area contributed by atoms with Crippen molar-refractivity contribution in [2.45, 2.75) is 0 Å². The van der Waals surface area contributed by atoms with Gasteiger partial charge in [-0.25, -0.2) is 0 Å². The van der Waals surface area contributed by atoms with E-state index < -0.39 is 31.2 Å². The van der Waals surface area contributed by atoms with Crippen LogP contribution in [0.5, 0.6) is 0 Å². The summed E-state index contributed by atoms with van der Waals surface area (Å²) in [5.74, 6) is 0. The maximum Gasteiger partial charge on any atom is 3.00 e. The van der Waals surface area contributed by atoms with Crippen molar-refractivity contribution in [1.29, 1.82) is 0 Å². The SMILES string of the molecule is O.O.O.O.O.O.O.O.O.O.O.O.O.O.O.O.O.O.O.O=S(=O)([O-])[O-].O=S(=O)([O-])[O-].O=S(=O)([O-])[O-].[Al+3].[Al+3]. The van der Waals surface area contributed by atoms with Crippen molar-refractivity contribution < 1.29 is 157 Å². The smallest absolute Gasteiger partial charge is 0.759 e. The molecule has 0 aliphatic heterocycles. The molecule has 0 rings (SSSR count). The van der Waals surface area contributed by atoms with Crippen LogP contribution in [0.1, 0.15) is 0 Å². The molecular weight excluding hydrogens is 646 g/mol. The van der Waals surface area contributed by atoms with E-state index in [0.29, 0.717) is 0 Å². The largest absolute Gasteiger partial charge is 3.00 e. The molecule has 0 amide bonds. The Hall–Kier alpha value is -0.0851. The van der Waals surface area contributed by atoms with Gasteiger partial charge in [0, 0.05) is 31.2 Å². The van der Waals surface area contributed by atoms with Crippen molar-refractivity contribution >= 4 is 65.9 Å². The van der Waals surface area contributed by atoms with E-state index in [1.165, 1.54) is 0 Å². The number of hydrogen-bond acceptors (Lipinski definition) is 12. The van der Waals surface area contributed by atoms with Crippen molar-refractivity contribution in [3.63, 3.8) is 0 Å². The van der Waals surface area contributed by atoms with Crippen LogP contribution >= 0.6 is 0 Å². The molecule has 0 saturated heterocycles. The fourth-order valence-electron chi connectivity index (χ4n) is 0. The van der Waals surface area contributed by atoms with Crippen LogP contribution in [-0.4, -0.2) is 191 Å². The van der Waals surface area contributed by atoms with Gasteiger partial charge in [0.25, 0.3) is 0 Å². The van der Waals surface area contributed by atoms with Crippen LogP contribution in [0.3, 0.4) is 0 Å². The van der Waals surface area contributed by atoms with Crippen molar-refractivity contribution in [2.24, 2.45) is 0 Å². The first-order valence-corrected chi connectivity index (χ1v) is 6.00. The molecule has 0 spiro atoms. The zero-order chi connectivity index (χ0) is 13.5. The molecule has 0 fully saturated rings. The van der Waals surface area contributed by atoms with Gasteiger partial charge in [0.15, 0.2) is 0 Å². The van der Waals surface area contributed by atoms with Crippen LogP contribution in [-0.2, 0) is 31.2 Å². The molecule has 0 heterocycles. The molecule has 0 aromatic heterocycles. The molecule has 0 aliphatic rings. The van der Waals surface area contributed by atoms with Gasteiger partial charge in [-0.2, -0.15) is 0 Å². The normalized spacial score (nSPS) is 4.83. The second kappa shape index (κ2) is 125. The Kier molecular flexibility index (Phi) is 1070. The van der Waals surface area contributed by atoms with Gasteiger partial charge in [0.1, 0.15) is 0 Å². The molecule has 0 atom stereocenters. The first-order valence-electron chi connectivity index (χ1n) is 2.00. The Morgan fingerprint density at radius 1 is 0.222 bits per heavy atom. The fourth-order valence-corrected chi connectivity index (χ4v) is 0. The van der Waals surface area contributed by atoms with Gasteiger partial charge >= 0.3 is 34.7 Å². The Morgan fingerprint density at radius 3 is 0.222 bits per heavy atom. The van der Waals surface area contributed by atoms with E-state index in [-0.39, 0.29) is 139 Å². The summed E-state index contributed by atoms with van der Waals surface area (Å²) in [6, 6.07) is 0. The van der Waals surface area contributed by atoms with Gasteiger partial charge in [-0.3, -0.25) is 25.3 Å². The third-order valence-electron chi connectivity index (χ3n) is 0. The van der Waals surface area contributed by atoms with E-state index >= 15 is 0 Å². The molecule has 36 heteroatoms. The Labute approximate surface area is 222 Å². The maximum absolute atomic E-state index is 8.52. The maximum atomic E-state index is 8.52. The molecule has 248 valence electrons. The molecule has 0 aromatic carbocycles. The number of hydrogen-bond donors (Lipinski definition) is 0. The molecule has 0 aromatic rings. The fraction of sp³-hybridized carbons (Fsp3) is 0. The minimum atomic E-state index is -5.17. The molecule has 0 bridgehead atoms. The topological polar surface area (TPSA) is 839 Å². The van der Waals surface area contributed by atoms with Gasteiger partial charge in [0.2, 0.25) is 0 Å². The molecule has 31 nitrogen and oxygen atoms in total. The van der Waals surface area contributed by atoms with E-state index in [0.717, 1.165) is 0 Å². The summed E-state index contributed by atoms with van der Waals surface area (Å²) >= 11 is 0. The molecule has 0 saturated carbocycles. The monoisotopic (exact) mass is 684 g/mol. The summed E-state index contributed by atoms with van der Waals surface area (Å²) in [5, 5.41) is 0. The second-order valence-corrected chi connectivity index (χ2v) is 3.67. The van der Waals surface area contributed by atoms with E-state index in [1.54, 1.807) is 0 Å².